The van der Waals surface area contributed by atoms with Gasteiger partial charge in [0.2, 0.25) is 5.91 Å². The average Bonchev–Trinajstić information content (AvgIpc) is 3.46. The van der Waals surface area contributed by atoms with Crippen LogP contribution in [-0.2, 0) is 4.79 Å². The van der Waals surface area contributed by atoms with Gasteiger partial charge >= 0.3 is 0 Å². The van der Waals surface area contributed by atoms with Crippen molar-refractivity contribution in [3.63, 3.8) is 0 Å². The lowest BCUT2D eigenvalue weighted by Gasteiger charge is -2.00. The maximum absolute atomic E-state index is 13.1. The molecule has 0 bridgehead atoms. The lowest BCUT2D eigenvalue weighted by atomic mass is 10.2. The number of nitrogens with zero attached hydrogens (tertiary/aromatic N) is 3. The molecule has 5 rings (SSSR count). The summed E-state index contributed by atoms with van der Waals surface area (Å²) in [6.07, 6.45) is 2.96. The standard InChI is InChI=1S/C25H17FN4O2/c26-18-8-6-17(7-9-18)24-14-11-21(32-24)12-15-25(31)27-19-10-13-22-23(16-19)29-30(28-22)20-4-2-1-3-5-20/h1-16H,(H,27,31)/b15-12+. The van der Waals surface area contributed by atoms with Crippen molar-refractivity contribution in [1.82, 2.24) is 15.0 Å². The Morgan fingerprint density at radius 2 is 1.69 bits per heavy atom. The number of furan rings is 1. The maximum Gasteiger partial charge on any atom is 0.248 e. The van der Waals surface area contributed by atoms with Crippen molar-refractivity contribution in [2.45, 2.75) is 0 Å². The second-order valence-corrected chi connectivity index (χ2v) is 7.06. The van der Waals surface area contributed by atoms with Crippen LogP contribution in [0, 0.1) is 5.82 Å². The molecule has 0 unspecified atom stereocenters. The van der Waals surface area contributed by atoms with E-state index in [1.165, 1.54) is 18.2 Å². The van der Waals surface area contributed by atoms with Crippen LogP contribution in [-0.4, -0.2) is 20.9 Å². The van der Waals surface area contributed by atoms with Crippen LogP contribution < -0.4 is 5.32 Å². The molecule has 0 radical (unpaired) electrons. The number of hydrogen-bond donors (Lipinski definition) is 1. The lowest BCUT2D eigenvalue weighted by Crippen LogP contribution is -2.07. The topological polar surface area (TPSA) is 73.0 Å². The zero-order valence-electron chi connectivity index (χ0n) is 16.8. The van der Waals surface area contributed by atoms with Crippen molar-refractivity contribution < 1.29 is 13.6 Å². The van der Waals surface area contributed by atoms with Crippen LogP contribution >= 0.6 is 0 Å². The Bertz CT molecular complexity index is 1420. The van der Waals surface area contributed by atoms with Gasteiger partial charge in [-0.2, -0.15) is 4.80 Å². The van der Waals surface area contributed by atoms with E-state index in [0.717, 1.165) is 16.8 Å². The summed E-state index contributed by atoms with van der Waals surface area (Å²) in [5, 5.41) is 11.7. The van der Waals surface area contributed by atoms with Gasteiger partial charge in [-0.25, -0.2) is 4.39 Å². The van der Waals surface area contributed by atoms with Gasteiger partial charge in [-0.15, -0.1) is 10.2 Å². The summed E-state index contributed by atoms with van der Waals surface area (Å²) in [5.74, 6) is 0.496. The first-order valence-electron chi connectivity index (χ1n) is 9.91. The van der Waals surface area contributed by atoms with Crippen LogP contribution in [0.2, 0.25) is 0 Å². The van der Waals surface area contributed by atoms with Gasteiger partial charge in [0.1, 0.15) is 28.4 Å². The van der Waals surface area contributed by atoms with Gasteiger partial charge in [0.15, 0.2) is 0 Å². The molecule has 0 spiro atoms. The Balaban J connectivity index is 1.27. The van der Waals surface area contributed by atoms with E-state index in [-0.39, 0.29) is 11.7 Å². The summed E-state index contributed by atoms with van der Waals surface area (Å²) in [4.78, 5) is 13.9. The first kappa shape index (κ1) is 19.4. The summed E-state index contributed by atoms with van der Waals surface area (Å²) >= 11 is 0. The van der Waals surface area contributed by atoms with Gasteiger partial charge in [0.25, 0.3) is 0 Å². The number of halogens is 1. The third-order valence-corrected chi connectivity index (χ3v) is 4.79. The van der Waals surface area contributed by atoms with Gasteiger partial charge in [-0.3, -0.25) is 4.79 Å². The normalized spacial score (nSPS) is 11.3. The SMILES string of the molecule is O=C(/C=C/c1ccc(-c2ccc(F)cc2)o1)Nc1ccc2nn(-c3ccccc3)nc2c1. The molecule has 0 atom stereocenters. The molecule has 0 aliphatic carbocycles. The molecule has 7 heteroatoms. The van der Waals surface area contributed by atoms with Crippen LogP contribution in [0.1, 0.15) is 5.76 Å². The molecule has 2 heterocycles. The van der Waals surface area contributed by atoms with Crippen molar-refractivity contribution in [2.75, 3.05) is 5.32 Å². The number of carbonyl (C=O) groups is 1. The van der Waals surface area contributed by atoms with E-state index in [1.54, 1.807) is 47.3 Å². The van der Waals surface area contributed by atoms with Crippen LogP contribution in [0.15, 0.2) is 95.4 Å². The summed E-state index contributed by atoms with van der Waals surface area (Å²) in [6.45, 7) is 0. The number of benzene rings is 3. The molecule has 5 aromatic rings. The summed E-state index contributed by atoms with van der Waals surface area (Å²) in [6, 6.07) is 24.5. The fraction of sp³-hybridized carbons (Fsp3) is 0. The number of fused-ring (bicyclic) bond motifs is 1. The zero-order valence-corrected chi connectivity index (χ0v) is 16.8. The number of anilines is 1. The van der Waals surface area contributed by atoms with E-state index in [1.807, 2.05) is 36.4 Å². The van der Waals surface area contributed by atoms with E-state index in [9.17, 15) is 9.18 Å². The fourth-order valence-corrected chi connectivity index (χ4v) is 3.22. The van der Waals surface area contributed by atoms with Crippen LogP contribution in [0.4, 0.5) is 10.1 Å². The molecule has 0 saturated heterocycles. The van der Waals surface area contributed by atoms with E-state index in [0.29, 0.717) is 22.7 Å². The molecule has 1 amide bonds. The summed E-state index contributed by atoms with van der Waals surface area (Å²) in [5.41, 5.74) is 3.62. The number of rotatable bonds is 5. The predicted molar refractivity (Wildman–Crippen MR) is 121 cm³/mol. The fourth-order valence-electron chi connectivity index (χ4n) is 3.22. The monoisotopic (exact) mass is 424 g/mol. The largest absolute Gasteiger partial charge is 0.457 e. The van der Waals surface area contributed by atoms with Crippen molar-refractivity contribution in [3.8, 4) is 17.0 Å². The van der Waals surface area contributed by atoms with Gasteiger partial charge in [-0.05, 0) is 72.8 Å². The summed E-state index contributed by atoms with van der Waals surface area (Å²) < 4.78 is 18.8. The average molecular weight is 424 g/mol. The molecule has 1 N–H and O–H groups in total. The zero-order chi connectivity index (χ0) is 21.9. The lowest BCUT2D eigenvalue weighted by molar-refractivity contribution is -0.111. The molecule has 2 aromatic heterocycles. The van der Waals surface area contributed by atoms with Gasteiger partial charge < -0.3 is 9.73 Å². The minimum absolute atomic E-state index is 0.306. The second-order valence-electron chi connectivity index (χ2n) is 7.06. The number of amides is 1. The van der Waals surface area contributed by atoms with Gasteiger partial charge in [0, 0.05) is 17.3 Å². The number of aromatic nitrogens is 3. The van der Waals surface area contributed by atoms with Crippen LogP contribution in [0.3, 0.4) is 0 Å². The van der Waals surface area contributed by atoms with Crippen molar-refractivity contribution in [1.29, 1.82) is 0 Å². The number of hydrogen-bond acceptors (Lipinski definition) is 4. The minimum atomic E-state index is -0.308. The first-order chi connectivity index (χ1) is 15.6. The van der Waals surface area contributed by atoms with E-state index >= 15 is 0 Å². The molecule has 0 aliphatic rings. The smallest absolute Gasteiger partial charge is 0.248 e. The van der Waals surface area contributed by atoms with E-state index in [2.05, 4.69) is 15.5 Å². The molecule has 3 aromatic carbocycles. The van der Waals surface area contributed by atoms with Crippen LogP contribution in [0.5, 0.6) is 0 Å². The van der Waals surface area contributed by atoms with Crippen LogP contribution in [0.25, 0.3) is 34.1 Å². The highest BCUT2D eigenvalue weighted by atomic mass is 19.1. The third-order valence-electron chi connectivity index (χ3n) is 4.79. The number of nitrogens with one attached hydrogen (secondary N) is 1. The minimum Gasteiger partial charge on any atom is -0.457 e. The quantitative estimate of drug-likeness (QED) is 0.380. The highest BCUT2D eigenvalue weighted by Crippen LogP contribution is 2.23. The Hall–Kier alpha value is -4.52. The second kappa shape index (κ2) is 8.31. The summed E-state index contributed by atoms with van der Waals surface area (Å²) in [7, 11) is 0. The molecule has 0 fully saturated rings. The Labute approximate surface area is 182 Å². The van der Waals surface area contributed by atoms with Gasteiger partial charge in [0.05, 0.1) is 5.69 Å². The molecule has 0 saturated carbocycles. The Kier molecular flexibility index (Phi) is 5.05. The molecule has 156 valence electrons. The first-order valence-corrected chi connectivity index (χ1v) is 9.91. The van der Waals surface area contributed by atoms with Crippen molar-refractivity contribution in [3.05, 3.63) is 103 Å². The number of para-hydroxylation sites is 1. The Morgan fingerprint density at radius 3 is 2.50 bits per heavy atom. The maximum atomic E-state index is 13.1. The van der Waals surface area contributed by atoms with Gasteiger partial charge in [-0.1, -0.05) is 18.2 Å². The third kappa shape index (κ3) is 4.17. The predicted octanol–water partition coefficient (Wildman–Crippen LogP) is 5.47. The van der Waals surface area contributed by atoms with Crippen molar-refractivity contribution >= 4 is 28.7 Å². The van der Waals surface area contributed by atoms with E-state index in [4.69, 9.17) is 4.42 Å². The van der Waals surface area contributed by atoms with E-state index < -0.39 is 0 Å². The highest BCUT2D eigenvalue weighted by molar-refractivity contribution is 6.02. The Morgan fingerprint density at radius 1 is 0.906 bits per heavy atom. The molecule has 6 nitrogen and oxygen atoms in total. The molecular weight excluding hydrogens is 407 g/mol. The number of carbonyl (C=O) groups excluding carboxylic acids is 1. The molecular formula is C25H17FN4O2. The molecule has 0 aliphatic heterocycles. The molecule has 32 heavy (non-hydrogen) atoms. The highest BCUT2D eigenvalue weighted by Gasteiger charge is 2.07. The van der Waals surface area contributed by atoms with Crippen molar-refractivity contribution in [2.24, 2.45) is 0 Å².